The zero-order valence-electron chi connectivity index (χ0n) is 9.55. The number of nitrogens with one attached hydrogen (secondary N) is 1. The quantitative estimate of drug-likeness (QED) is 0.819. The van der Waals surface area contributed by atoms with Crippen LogP contribution in [0, 0.1) is 5.92 Å². The SMILES string of the molecule is C[C@@H]1Nc2ccnn2[C@@H](C)[C@H]1CCC(=O)O. The van der Waals surface area contributed by atoms with E-state index in [0.29, 0.717) is 18.4 Å². The van der Waals surface area contributed by atoms with E-state index in [1.165, 1.54) is 0 Å². The summed E-state index contributed by atoms with van der Waals surface area (Å²) < 4.78 is 1.94. The molecule has 0 amide bonds. The first-order valence-corrected chi connectivity index (χ1v) is 5.61. The van der Waals surface area contributed by atoms with E-state index in [1.54, 1.807) is 6.20 Å². The number of nitrogens with zero attached hydrogens (tertiary/aromatic N) is 2. The van der Waals surface area contributed by atoms with Crippen molar-refractivity contribution in [1.82, 2.24) is 9.78 Å². The molecule has 0 bridgehead atoms. The van der Waals surface area contributed by atoms with Crippen LogP contribution in [0.3, 0.4) is 0 Å². The Morgan fingerprint density at radius 1 is 1.62 bits per heavy atom. The maximum absolute atomic E-state index is 10.6. The molecule has 16 heavy (non-hydrogen) atoms. The lowest BCUT2D eigenvalue weighted by Crippen LogP contribution is -2.38. The average molecular weight is 223 g/mol. The van der Waals surface area contributed by atoms with E-state index in [-0.39, 0.29) is 12.5 Å². The van der Waals surface area contributed by atoms with Gasteiger partial charge in [0.05, 0.1) is 12.2 Å². The van der Waals surface area contributed by atoms with Crippen molar-refractivity contribution >= 4 is 11.8 Å². The van der Waals surface area contributed by atoms with Crippen LogP contribution in [0.2, 0.25) is 0 Å². The first-order chi connectivity index (χ1) is 7.59. The van der Waals surface area contributed by atoms with Crippen molar-refractivity contribution in [2.24, 2.45) is 5.92 Å². The van der Waals surface area contributed by atoms with Crippen LogP contribution < -0.4 is 5.32 Å². The second-order valence-electron chi connectivity index (χ2n) is 4.43. The molecule has 2 heterocycles. The van der Waals surface area contributed by atoms with Crippen molar-refractivity contribution in [2.75, 3.05) is 5.32 Å². The van der Waals surface area contributed by atoms with Gasteiger partial charge in [-0.2, -0.15) is 5.10 Å². The highest BCUT2D eigenvalue weighted by atomic mass is 16.4. The summed E-state index contributed by atoms with van der Waals surface area (Å²) >= 11 is 0. The van der Waals surface area contributed by atoms with Crippen molar-refractivity contribution in [3.8, 4) is 0 Å². The summed E-state index contributed by atoms with van der Waals surface area (Å²) in [6.45, 7) is 4.19. The molecule has 1 aromatic heterocycles. The summed E-state index contributed by atoms with van der Waals surface area (Å²) in [4.78, 5) is 10.6. The molecule has 0 spiro atoms. The molecule has 0 fully saturated rings. The van der Waals surface area contributed by atoms with Gasteiger partial charge in [0.1, 0.15) is 5.82 Å². The Balaban J connectivity index is 2.12. The van der Waals surface area contributed by atoms with Gasteiger partial charge in [0, 0.05) is 24.4 Å². The van der Waals surface area contributed by atoms with Crippen molar-refractivity contribution in [3.05, 3.63) is 12.3 Å². The molecule has 3 atom stereocenters. The third kappa shape index (κ3) is 1.89. The number of anilines is 1. The molecule has 1 aliphatic rings. The molecular formula is C11H17N3O2. The van der Waals surface area contributed by atoms with Gasteiger partial charge in [-0.1, -0.05) is 0 Å². The molecular weight excluding hydrogens is 206 g/mol. The van der Waals surface area contributed by atoms with Gasteiger partial charge < -0.3 is 10.4 Å². The number of rotatable bonds is 3. The Morgan fingerprint density at radius 2 is 2.38 bits per heavy atom. The van der Waals surface area contributed by atoms with Crippen LogP contribution in [0.25, 0.3) is 0 Å². The Labute approximate surface area is 94.5 Å². The van der Waals surface area contributed by atoms with Crippen LogP contribution in [-0.2, 0) is 4.79 Å². The number of hydrogen-bond donors (Lipinski definition) is 2. The van der Waals surface area contributed by atoms with Crippen molar-refractivity contribution in [2.45, 2.75) is 38.8 Å². The summed E-state index contributed by atoms with van der Waals surface area (Å²) in [6.07, 6.45) is 2.67. The standard InChI is InChI=1S/C11H17N3O2/c1-7-9(3-4-11(15)16)8(2)14-10(13-7)5-6-12-14/h5-9,13H,3-4H2,1-2H3,(H,15,16)/t7-,8-,9-/m0/s1. The molecule has 5 heteroatoms. The largest absolute Gasteiger partial charge is 0.481 e. The van der Waals surface area contributed by atoms with Crippen molar-refractivity contribution in [1.29, 1.82) is 0 Å². The van der Waals surface area contributed by atoms with Gasteiger partial charge in [-0.25, -0.2) is 4.68 Å². The van der Waals surface area contributed by atoms with Gasteiger partial charge in [-0.05, 0) is 20.3 Å². The zero-order valence-corrected chi connectivity index (χ0v) is 9.55. The van der Waals surface area contributed by atoms with Gasteiger partial charge in [0.15, 0.2) is 0 Å². The molecule has 1 aromatic rings. The first kappa shape index (κ1) is 11.0. The molecule has 88 valence electrons. The summed E-state index contributed by atoms with van der Waals surface area (Å²) in [5, 5.41) is 16.3. The molecule has 0 unspecified atom stereocenters. The third-order valence-electron chi connectivity index (χ3n) is 3.39. The van der Waals surface area contributed by atoms with Crippen LogP contribution in [-0.4, -0.2) is 26.9 Å². The first-order valence-electron chi connectivity index (χ1n) is 5.61. The second-order valence-corrected chi connectivity index (χ2v) is 4.43. The van der Waals surface area contributed by atoms with Crippen LogP contribution in [0.1, 0.15) is 32.7 Å². The summed E-state index contributed by atoms with van der Waals surface area (Å²) in [5.41, 5.74) is 0. The molecule has 5 nitrogen and oxygen atoms in total. The second kappa shape index (κ2) is 4.15. The lowest BCUT2D eigenvalue weighted by Gasteiger charge is -2.36. The highest BCUT2D eigenvalue weighted by Gasteiger charge is 2.31. The molecule has 0 aromatic carbocycles. The minimum atomic E-state index is -0.731. The lowest BCUT2D eigenvalue weighted by molar-refractivity contribution is -0.137. The monoisotopic (exact) mass is 223 g/mol. The molecule has 0 aliphatic carbocycles. The predicted octanol–water partition coefficient (Wildman–Crippen LogP) is 1.74. The number of fused-ring (bicyclic) bond motifs is 1. The average Bonchev–Trinajstić information content (AvgIpc) is 2.64. The zero-order chi connectivity index (χ0) is 11.7. The smallest absolute Gasteiger partial charge is 0.303 e. The molecule has 0 radical (unpaired) electrons. The van der Waals surface area contributed by atoms with Gasteiger partial charge in [-0.15, -0.1) is 0 Å². The fourth-order valence-electron chi connectivity index (χ4n) is 2.47. The number of hydrogen-bond acceptors (Lipinski definition) is 3. The van der Waals surface area contributed by atoms with Gasteiger partial charge in [0.2, 0.25) is 0 Å². The highest BCUT2D eigenvalue weighted by molar-refractivity contribution is 5.66. The number of aromatic nitrogens is 2. The van der Waals surface area contributed by atoms with Crippen LogP contribution in [0.5, 0.6) is 0 Å². The Morgan fingerprint density at radius 3 is 3.06 bits per heavy atom. The summed E-state index contributed by atoms with van der Waals surface area (Å²) in [7, 11) is 0. The van der Waals surface area contributed by atoms with Gasteiger partial charge >= 0.3 is 5.97 Å². The predicted molar refractivity (Wildman–Crippen MR) is 60.4 cm³/mol. The van der Waals surface area contributed by atoms with Crippen LogP contribution in [0.15, 0.2) is 12.3 Å². The molecule has 1 aliphatic heterocycles. The Bertz CT molecular complexity index is 388. The molecule has 2 rings (SSSR count). The van der Waals surface area contributed by atoms with E-state index >= 15 is 0 Å². The van der Waals surface area contributed by atoms with Crippen molar-refractivity contribution in [3.63, 3.8) is 0 Å². The maximum atomic E-state index is 10.6. The third-order valence-corrected chi connectivity index (χ3v) is 3.39. The normalized spacial score (nSPS) is 28.2. The molecule has 0 saturated carbocycles. The Kier molecular flexibility index (Phi) is 2.85. The molecule has 2 N–H and O–H groups in total. The lowest BCUT2D eigenvalue weighted by atomic mass is 9.87. The number of aliphatic carboxylic acids is 1. The van der Waals surface area contributed by atoms with E-state index in [0.717, 1.165) is 5.82 Å². The maximum Gasteiger partial charge on any atom is 0.303 e. The van der Waals surface area contributed by atoms with E-state index in [2.05, 4.69) is 24.3 Å². The number of carboxylic acid groups (broad SMARTS) is 1. The highest BCUT2D eigenvalue weighted by Crippen LogP contribution is 2.33. The van der Waals surface area contributed by atoms with E-state index in [9.17, 15) is 4.79 Å². The van der Waals surface area contributed by atoms with E-state index in [1.807, 2.05) is 10.7 Å². The van der Waals surface area contributed by atoms with Gasteiger partial charge in [-0.3, -0.25) is 4.79 Å². The van der Waals surface area contributed by atoms with Gasteiger partial charge in [0.25, 0.3) is 0 Å². The van der Waals surface area contributed by atoms with E-state index < -0.39 is 5.97 Å². The number of carbonyl (C=O) groups is 1. The van der Waals surface area contributed by atoms with Crippen molar-refractivity contribution < 1.29 is 9.90 Å². The number of carboxylic acids is 1. The fraction of sp³-hybridized carbons (Fsp3) is 0.636. The fourth-order valence-corrected chi connectivity index (χ4v) is 2.47. The van der Waals surface area contributed by atoms with Crippen LogP contribution in [0.4, 0.5) is 5.82 Å². The van der Waals surface area contributed by atoms with E-state index in [4.69, 9.17) is 5.11 Å². The Hall–Kier alpha value is -1.52. The minimum Gasteiger partial charge on any atom is -0.481 e. The summed E-state index contributed by atoms with van der Waals surface area (Å²) in [5.74, 6) is 0.598. The topological polar surface area (TPSA) is 67.2 Å². The minimum absolute atomic E-state index is 0.220. The molecule has 0 saturated heterocycles. The van der Waals surface area contributed by atoms with Crippen LogP contribution >= 0.6 is 0 Å². The summed E-state index contributed by atoms with van der Waals surface area (Å²) in [6, 6.07) is 2.49.